The lowest BCUT2D eigenvalue weighted by Crippen LogP contribution is -2.18. The Morgan fingerprint density at radius 2 is 2.17 bits per heavy atom. The SMILES string of the molecule is Cc1ccc(CN[C@H](C)c2cccnc2)cc1Br. The van der Waals surface area contributed by atoms with Crippen LogP contribution in [0.5, 0.6) is 0 Å². The first-order valence-corrected chi connectivity index (χ1v) is 6.84. The maximum absolute atomic E-state index is 4.14. The fourth-order valence-electron chi connectivity index (χ4n) is 1.77. The molecule has 1 heterocycles. The Kier molecular flexibility index (Phi) is 4.50. The number of aromatic nitrogens is 1. The molecule has 3 heteroatoms. The molecule has 1 atom stereocenters. The molecular formula is C15H17BrN2. The summed E-state index contributed by atoms with van der Waals surface area (Å²) < 4.78 is 1.16. The molecule has 18 heavy (non-hydrogen) atoms. The van der Waals surface area contributed by atoms with Crippen molar-refractivity contribution in [2.24, 2.45) is 0 Å². The molecule has 0 saturated carbocycles. The van der Waals surface area contributed by atoms with Crippen molar-refractivity contribution in [1.82, 2.24) is 10.3 Å². The van der Waals surface area contributed by atoms with E-state index in [4.69, 9.17) is 0 Å². The van der Waals surface area contributed by atoms with E-state index < -0.39 is 0 Å². The maximum Gasteiger partial charge on any atom is 0.0315 e. The molecule has 0 aliphatic heterocycles. The van der Waals surface area contributed by atoms with Crippen LogP contribution in [-0.2, 0) is 6.54 Å². The third-order valence-electron chi connectivity index (χ3n) is 3.03. The Morgan fingerprint density at radius 1 is 1.33 bits per heavy atom. The van der Waals surface area contributed by atoms with Gasteiger partial charge in [-0.15, -0.1) is 0 Å². The summed E-state index contributed by atoms with van der Waals surface area (Å²) in [6.45, 7) is 5.11. The summed E-state index contributed by atoms with van der Waals surface area (Å²) in [7, 11) is 0. The van der Waals surface area contributed by atoms with Crippen LogP contribution in [0.15, 0.2) is 47.2 Å². The van der Waals surface area contributed by atoms with Gasteiger partial charge in [0.15, 0.2) is 0 Å². The first-order valence-electron chi connectivity index (χ1n) is 6.05. The van der Waals surface area contributed by atoms with Gasteiger partial charge in [0.1, 0.15) is 0 Å². The average Bonchev–Trinajstić information content (AvgIpc) is 2.41. The van der Waals surface area contributed by atoms with Gasteiger partial charge < -0.3 is 5.32 Å². The van der Waals surface area contributed by atoms with Crippen LogP contribution in [0.4, 0.5) is 0 Å². The monoisotopic (exact) mass is 304 g/mol. The number of rotatable bonds is 4. The fourth-order valence-corrected chi connectivity index (χ4v) is 2.19. The Morgan fingerprint density at radius 3 is 2.83 bits per heavy atom. The highest BCUT2D eigenvalue weighted by atomic mass is 79.9. The minimum Gasteiger partial charge on any atom is -0.306 e. The van der Waals surface area contributed by atoms with Crippen molar-refractivity contribution >= 4 is 15.9 Å². The summed E-state index contributed by atoms with van der Waals surface area (Å²) >= 11 is 3.56. The molecule has 0 saturated heterocycles. The summed E-state index contributed by atoms with van der Waals surface area (Å²) in [5, 5.41) is 3.50. The minimum atomic E-state index is 0.304. The number of hydrogen-bond donors (Lipinski definition) is 1. The van der Waals surface area contributed by atoms with Crippen molar-refractivity contribution in [3.63, 3.8) is 0 Å². The molecule has 0 bridgehead atoms. The van der Waals surface area contributed by atoms with Crippen LogP contribution in [0, 0.1) is 6.92 Å². The van der Waals surface area contributed by atoms with E-state index >= 15 is 0 Å². The Hall–Kier alpha value is -1.19. The van der Waals surface area contributed by atoms with Gasteiger partial charge in [-0.05, 0) is 42.7 Å². The average molecular weight is 305 g/mol. The molecule has 0 amide bonds. The second kappa shape index (κ2) is 6.12. The first-order chi connectivity index (χ1) is 8.66. The van der Waals surface area contributed by atoms with Crippen LogP contribution in [0.1, 0.15) is 29.7 Å². The fraction of sp³-hybridized carbons (Fsp3) is 0.267. The molecule has 2 nitrogen and oxygen atoms in total. The van der Waals surface area contributed by atoms with Crippen molar-refractivity contribution in [3.8, 4) is 0 Å². The van der Waals surface area contributed by atoms with Crippen LogP contribution in [0.2, 0.25) is 0 Å². The Bertz CT molecular complexity index is 511. The zero-order valence-electron chi connectivity index (χ0n) is 10.7. The van der Waals surface area contributed by atoms with Gasteiger partial charge in [0.25, 0.3) is 0 Å². The minimum absolute atomic E-state index is 0.304. The highest BCUT2D eigenvalue weighted by Gasteiger charge is 2.05. The number of pyridine rings is 1. The van der Waals surface area contributed by atoms with E-state index in [0.29, 0.717) is 6.04 Å². The van der Waals surface area contributed by atoms with Gasteiger partial charge in [0, 0.05) is 29.5 Å². The number of halogens is 1. The molecule has 2 rings (SSSR count). The third kappa shape index (κ3) is 3.40. The normalized spacial score (nSPS) is 12.4. The molecule has 0 fully saturated rings. The number of hydrogen-bond acceptors (Lipinski definition) is 2. The van der Waals surface area contributed by atoms with Gasteiger partial charge in [-0.1, -0.05) is 34.1 Å². The van der Waals surface area contributed by atoms with E-state index in [0.717, 1.165) is 11.0 Å². The predicted molar refractivity (Wildman–Crippen MR) is 78.4 cm³/mol. The van der Waals surface area contributed by atoms with Crippen molar-refractivity contribution in [2.75, 3.05) is 0 Å². The smallest absolute Gasteiger partial charge is 0.0315 e. The highest BCUT2D eigenvalue weighted by molar-refractivity contribution is 9.10. The lowest BCUT2D eigenvalue weighted by molar-refractivity contribution is 0.573. The molecule has 2 aromatic rings. The summed E-state index contributed by atoms with van der Waals surface area (Å²) in [6, 6.07) is 10.8. The quantitative estimate of drug-likeness (QED) is 0.923. The zero-order chi connectivity index (χ0) is 13.0. The lowest BCUT2D eigenvalue weighted by atomic mass is 10.1. The molecule has 1 aromatic carbocycles. The van der Waals surface area contributed by atoms with Crippen LogP contribution in [-0.4, -0.2) is 4.98 Å². The topological polar surface area (TPSA) is 24.9 Å². The molecule has 0 aliphatic carbocycles. The molecule has 94 valence electrons. The number of nitrogens with one attached hydrogen (secondary N) is 1. The predicted octanol–water partition coefficient (Wildman–Crippen LogP) is 4.00. The number of aryl methyl sites for hydroxylation is 1. The molecule has 1 aromatic heterocycles. The summed E-state index contributed by atoms with van der Waals surface area (Å²) in [6.07, 6.45) is 3.70. The first kappa shape index (κ1) is 13.2. The highest BCUT2D eigenvalue weighted by Crippen LogP contribution is 2.18. The van der Waals surface area contributed by atoms with Crippen molar-refractivity contribution in [3.05, 3.63) is 63.9 Å². The second-order valence-corrected chi connectivity index (χ2v) is 5.33. The second-order valence-electron chi connectivity index (χ2n) is 4.47. The third-order valence-corrected chi connectivity index (χ3v) is 3.89. The van der Waals surface area contributed by atoms with Crippen molar-refractivity contribution in [2.45, 2.75) is 26.4 Å². The molecule has 0 unspecified atom stereocenters. The van der Waals surface area contributed by atoms with E-state index in [1.165, 1.54) is 16.7 Å². The van der Waals surface area contributed by atoms with Gasteiger partial charge >= 0.3 is 0 Å². The lowest BCUT2D eigenvalue weighted by Gasteiger charge is -2.14. The summed E-state index contributed by atoms with van der Waals surface area (Å²) in [5.74, 6) is 0. The largest absolute Gasteiger partial charge is 0.306 e. The van der Waals surface area contributed by atoms with Crippen LogP contribution in [0.3, 0.4) is 0 Å². The van der Waals surface area contributed by atoms with E-state index in [1.807, 2.05) is 12.3 Å². The van der Waals surface area contributed by atoms with Gasteiger partial charge in [-0.2, -0.15) is 0 Å². The zero-order valence-corrected chi connectivity index (χ0v) is 12.2. The summed E-state index contributed by atoms with van der Waals surface area (Å²) in [4.78, 5) is 4.14. The van der Waals surface area contributed by atoms with E-state index in [2.05, 4.69) is 64.3 Å². The summed E-state index contributed by atoms with van der Waals surface area (Å²) in [5.41, 5.74) is 3.76. The molecule has 0 aliphatic rings. The van der Waals surface area contributed by atoms with Crippen LogP contribution in [0.25, 0.3) is 0 Å². The van der Waals surface area contributed by atoms with Gasteiger partial charge in [-0.25, -0.2) is 0 Å². The Balaban J connectivity index is 1.97. The van der Waals surface area contributed by atoms with Gasteiger partial charge in [-0.3, -0.25) is 4.98 Å². The molecule has 0 spiro atoms. The molecular weight excluding hydrogens is 288 g/mol. The molecule has 0 radical (unpaired) electrons. The van der Waals surface area contributed by atoms with E-state index in [-0.39, 0.29) is 0 Å². The van der Waals surface area contributed by atoms with E-state index in [1.54, 1.807) is 6.20 Å². The van der Waals surface area contributed by atoms with Crippen molar-refractivity contribution < 1.29 is 0 Å². The van der Waals surface area contributed by atoms with E-state index in [9.17, 15) is 0 Å². The van der Waals surface area contributed by atoms with Crippen LogP contribution >= 0.6 is 15.9 Å². The number of nitrogens with zero attached hydrogens (tertiary/aromatic N) is 1. The maximum atomic E-state index is 4.14. The van der Waals surface area contributed by atoms with Gasteiger partial charge in [0.2, 0.25) is 0 Å². The standard InChI is InChI=1S/C15H17BrN2/c1-11-5-6-13(8-15(11)16)9-18-12(2)14-4-3-7-17-10-14/h3-8,10,12,18H,9H2,1-2H3/t12-/m1/s1. The Labute approximate surface area is 117 Å². The van der Waals surface area contributed by atoms with Crippen molar-refractivity contribution in [1.29, 1.82) is 0 Å². The van der Waals surface area contributed by atoms with Gasteiger partial charge in [0.05, 0.1) is 0 Å². The van der Waals surface area contributed by atoms with Crippen LogP contribution < -0.4 is 5.32 Å². The molecule has 1 N–H and O–H groups in total. The number of benzene rings is 1.